The third-order valence-electron chi connectivity index (χ3n) is 4.17. The molecule has 7 heteroatoms. The zero-order valence-electron chi connectivity index (χ0n) is 15.9. The Labute approximate surface area is 166 Å². The van der Waals surface area contributed by atoms with E-state index in [9.17, 15) is 13.2 Å². The van der Waals surface area contributed by atoms with E-state index in [1.807, 2.05) is 6.07 Å². The highest BCUT2D eigenvalue weighted by atomic mass is 35.5. The van der Waals surface area contributed by atoms with Crippen LogP contribution in [-0.2, 0) is 26.8 Å². The molecule has 0 unspecified atom stereocenters. The van der Waals surface area contributed by atoms with Crippen LogP contribution in [0.15, 0.2) is 53.4 Å². The first-order chi connectivity index (χ1) is 12.5. The fourth-order valence-electron chi connectivity index (χ4n) is 2.47. The topological polar surface area (TPSA) is 75.3 Å². The van der Waals surface area contributed by atoms with E-state index in [1.165, 1.54) is 6.92 Å². The SMILES string of the molecule is C[C@H](NS(=O)(=O)c1ccc(C(C)(C)C)cc1)C(=O)NCc1ccccc1Cl. The molecule has 2 rings (SSSR count). The molecule has 0 aromatic heterocycles. The first-order valence-corrected chi connectivity index (χ1v) is 10.5. The summed E-state index contributed by atoms with van der Waals surface area (Å²) >= 11 is 6.06. The van der Waals surface area contributed by atoms with Crippen LogP contribution in [0.25, 0.3) is 0 Å². The van der Waals surface area contributed by atoms with Crippen LogP contribution in [0, 0.1) is 0 Å². The first-order valence-electron chi connectivity index (χ1n) is 8.65. The number of hydrogen-bond donors (Lipinski definition) is 2. The summed E-state index contributed by atoms with van der Waals surface area (Å²) in [7, 11) is -3.79. The van der Waals surface area contributed by atoms with Gasteiger partial charge >= 0.3 is 0 Å². The molecular formula is C20H25ClN2O3S. The van der Waals surface area contributed by atoms with Gasteiger partial charge in [0.2, 0.25) is 15.9 Å². The second-order valence-electron chi connectivity index (χ2n) is 7.43. The summed E-state index contributed by atoms with van der Waals surface area (Å²) in [4.78, 5) is 12.4. The summed E-state index contributed by atoms with van der Waals surface area (Å²) in [5, 5.41) is 3.24. The maximum atomic E-state index is 12.5. The number of halogens is 1. The number of sulfonamides is 1. The van der Waals surface area contributed by atoms with Gasteiger partial charge in [-0.3, -0.25) is 4.79 Å². The van der Waals surface area contributed by atoms with E-state index in [0.29, 0.717) is 5.02 Å². The van der Waals surface area contributed by atoms with Crippen LogP contribution < -0.4 is 10.0 Å². The minimum absolute atomic E-state index is 0.0678. The number of nitrogens with one attached hydrogen (secondary N) is 2. The van der Waals surface area contributed by atoms with Gasteiger partial charge in [0.15, 0.2) is 0 Å². The van der Waals surface area contributed by atoms with E-state index in [4.69, 9.17) is 11.6 Å². The molecule has 1 amide bonds. The van der Waals surface area contributed by atoms with Crippen LogP contribution in [0.3, 0.4) is 0 Å². The smallest absolute Gasteiger partial charge is 0.241 e. The third kappa shape index (κ3) is 5.79. The van der Waals surface area contributed by atoms with Crippen molar-refractivity contribution in [3.05, 3.63) is 64.7 Å². The zero-order chi connectivity index (χ0) is 20.2. The van der Waals surface area contributed by atoms with E-state index in [1.54, 1.807) is 42.5 Å². The number of carbonyl (C=O) groups is 1. The van der Waals surface area contributed by atoms with Gasteiger partial charge in [0.25, 0.3) is 0 Å². The lowest BCUT2D eigenvalue weighted by Gasteiger charge is -2.19. The Morgan fingerprint density at radius 2 is 1.67 bits per heavy atom. The monoisotopic (exact) mass is 408 g/mol. The summed E-state index contributed by atoms with van der Waals surface area (Å²) in [5.41, 5.74) is 1.73. The molecule has 2 N–H and O–H groups in total. The van der Waals surface area contributed by atoms with Gasteiger partial charge in [-0.2, -0.15) is 4.72 Å². The number of benzene rings is 2. The Morgan fingerprint density at radius 1 is 1.07 bits per heavy atom. The molecule has 0 bridgehead atoms. The van der Waals surface area contributed by atoms with Gasteiger partial charge < -0.3 is 5.32 Å². The lowest BCUT2D eigenvalue weighted by Crippen LogP contribution is -2.44. The van der Waals surface area contributed by atoms with Crippen molar-refractivity contribution in [1.29, 1.82) is 0 Å². The van der Waals surface area contributed by atoms with Crippen LogP contribution in [0.1, 0.15) is 38.8 Å². The zero-order valence-corrected chi connectivity index (χ0v) is 17.5. The van der Waals surface area contributed by atoms with Crippen molar-refractivity contribution in [3.8, 4) is 0 Å². The van der Waals surface area contributed by atoms with E-state index in [0.717, 1.165) is 11.1 Å². The van der Waals surface area contributed by atoms with Gasteiger partial charge in [0.1, 0.15) is 0 Å². The minimum Gasteiger partial charge on any atom is -0.351 e. The highest BCUT2D eigenvalue weighted by molar-refractivity contribution is 7.89. The molecule has 0 saturated carbocycles. The summed E-state index contributed by atoms with van der Waals surface area (Å²) in [6.45, 7) is 7.90. The van der Waals surface area contributed by atoms with Crippen molar-refractivity contribution < 1.29 is 13.2 Å². The quantitative estimate of drug-likeness (QED) is 0.766. The lowest BCUT2D eigenvalue weighted by molar-refractivity contribution is -0.122. The van der Waals surface area contributed by atoms with Crippen molar-refractivity contribution in [3.63, 3.8) is 0 Å². The van der Waals surface area contributed by atoms with Crippen molar-refractivity contribution in [2.24, 2.45) is 0 Å². The maximum Gasteiger partial charge on any atom is 0.241 e. The predicted molar refractivity (Wildman–Crippen MR) is 108 cm³/mol. The Balaban J connectivity index is 2.01. The molecule has 5 nitrogen and oxygen atoms in total. The standard InChI is InChI=1S/C20H25ClN2O3S/c1-14(19(24)22-13-15-7-5-6-8-18(15)21)23-27(25,26)17-11-9-16(10-12-17)20(2,3)4/h5-12,14,23H,13H2,1-4H3,(H,22,24)/t14-/m0/s1. The van der Waals surface area contributed by atoms with E-state index in [2.05, 4.69) is 30.8 Å². The van der Waals surface area contributed by atoms with Crippen LogP contribution in [-0.4, -0.2) is 20.4 Å². The Kier molecular flexibility index (Phi) is 6.68. The largest absolute Gasteiger partial charge is 0.351 e. The maximum absolute atomic E-state index is 12.5. The fourth-order valence-corrected chi connectivity index (χ4v) is 3.87. The third-order valence-corrected chi connectivity index (χ3v) is 6.09. The summed E-state index contributed by atoms with van der Waals surface area (Å²) < 4.78 is 27.5. The Bertz CT molecular complexity index is 904. The minimum atomic E-state index is -3.79. The average molecular weight is 409 g/mol. The molecule has 0 aliphatic heterocycles. The van der Waals surface area contributed by atoms with Crippen molar-refractivity contribution in [1.82, 2.24) is 10.0 Å². The Hall–Kier alpha value is -1.89. The van der Waals surface area contributed by atoms with E-state index in [-0.39, 0.29) is 16.9 Å². The van der Waals surface area contributed by atoms with Gasteiger partial charge in [-0.25, -0.2) is 8.42 Å². The molecule has 0 heterocycles. The van der Waals surface area contributed by atoms with Gasteiger partial charge in [-0.1, -0.05) is 62.7 Å². The molecule has 2 aromatic carbocycles. The highest BCUT2D eigenvalue weighted by Gasteiger charge is 2.23. The normalized spacial score (nSPS) is 13.2. The second kappa shape index (κ2) is 8.42. The molecule has 0 fully saturated rings. The molecule has 0 saturated heterocycles. The lowest BCUT2D eigenvalue weighted by atomic mass is 9.87. The fraction of sp³-hybridized carbons (Fsp3) is 0.350. The number of rotatable bonds is 6. The van der Waals surface area contributed by atoms with E-state index < -0.39 is 22.0 Å². The molecule has 27 heavy (non-hydrogen) atoms. The summed E-state index contributed by atoms with van der Waals surface area (Å²) in [6, 6.07) is 12.9. The van der Waals surface area contributed by atoms with Crippen LogP contribution in [0.2, 0.25) is 5.02 Å². The van der Waals surface area contributed by atoms with Gasteiger partial charge in [0, 0.05) is 11.6 Å². The number of amides is 1. The number of hydrogen-bond acceptors (Lipinski definition) is 3. The Morgan fingerprint density at radius 3 is 2.22 bits per heavy atom. The molecular weight excluding hydrogens is 384 g/mol. The summed E-state index contributed by atoms with van der Waals surface area (Å²) in [6.07, 6.45) is 0. The van der Waals surface area contributed by atoms with Crippen molar-refractivity contribution in [2.45, 2.75) is 50.6 Å². The molecule has 2 aromatic rings. The molecule has 0 radical (unpaired) electrons. The second-order valence-corrected chi connectivity index (χ2v) is 9.55. The molecule has 0 spiro atoms. The van der Waals surface area contributed by atoms with Crippen LogP contribution >= 0.6 is 11.6 Å². The molecule has 0 aliphatic carbocycles. The van der Waals surface area contributed by atoms with Gasteiger partial charge in [-0.05, 0) is 41.7 Å². The van der Waals surface area contributed by atoms with Crippen LogP contribution in [0.4, 0.5) is 0 Å². The molecule has 146 valence electrons. The van der Waals surface area contributed by atoms with Gasteiger partial charge in [-0.15, -0.1) is 0 Å². The predicted octanol–water partition coefficient (Wildman–Crippen LogP) is 3.62. The van der Waals surface area contributed by atoms with Crippen molar-refractivity contribution in [2.75, 3.05) is 0 Å². The number of carbonyl (C=O) groups excluding carboxylic acids is 1. The molecule has 1 atom stereocenters. The molecule has 0 aliphatic rings. The first kappa shape index (κ1) is 21.4. The van der Waals surface area contributed by atoms with Crippen LogP contribution in [0.5, 0.6) is 0 Å². The van der Waals surface area contributed by atoms with Crippen molar-refractivity contribution >= 4 is 27.5 Å². The highest BCUT2D eigenvalue weighted by Crippen LogP contribution is 2.23. The summed E-state index contributed by atoms with van der Waals surface area (Å²) in [5.74, 6) is -0.426. The van der Waals surface area contributed by atoms with Gasteiger partial charge in [0.05, 0.1) is 10.9 Å². The average Bonchev–Trinajstić information content (AvgIpc) is 2.59. The van der Waals surface area contributed by atoms with E-state index >= 15 is 0 Å².